The van der Waals surface area contributed by atoms with Crippen molar-refractivity contribution >= 4 is 28.8 Å². The predicted molar refractivity (Wildman–Crippen MR) is 143 cm³/mol. The molecule has 0 unspecified atom stereocenters. The van der Waals surface area contributed by atoms with Crippen LogP contribution in [0.3, 0.4) is 0 Å². The fraction of sp³-hybridized carbons (Fsp3) is 0.370. The van der Waals surface area contributed by atoms with Gasteiger partial charge in [-0.2, -0.15) is 5.10 Å². The molecule has 5 rings (SSSR count). The molecule has 186 valence electrons. The number of thiazole rings is 1. The van der Waals surface area contributed by atoms with E-state index in [0.29, 0.717) is 24.8 Å². The summed E-state index contributed by atoms with van der Waals surface area (Å²) < 4.78 is 1.97. The molecule has 9 heteroatoms. The molecule has 0 bridgehead atoms. The van der Waals surface area contributed by atoms with Crippen LogP contribution >= 0.6 is 11.3 Å². The minimum atomic E-state index is -0.0400. The van der Waals surface area contributed by atoms with E-state index in [1.54, 1.807) is 18.6 Å². The van der Waals surface area contributed by atoms with Crippen molar-refractivity contribution in [2.45, 2.75) is 52.0 Å². The van der Waals surface area contributed by atoms with Crippen LogP contribution in [0.25, 0.3) is 11.3 Å². The van der Waals surface area contributed by atoms with Gasteiger partial charge in [0, 0.05) is 49.1 Å². The highest BCUT2D eigenvalue weighted by Crippen LogP contribution is 2.28. The van der Waals surface area contributed by atoms with E-state index in [0.717, 1.165) is 51.0 Å². The lowest BCUT2D eigenvalue weighted by Gasteiger charge is -2.27. The number of Topliss-reactive ketones (excluding diaryl/α,β-unsaturated/α-hetero) is 1. The Bertz CT molecular complexity index is 1380. The summed E-state index contributed by atoms with van der Waals surface area (Å²) in [6.07, 6.45) is 8.43. The average molecular weight is 502 g/mol. The maximum atomic E-state index is 12.7. The third-order valence-electron chi connectivity index (χ3n) is 6.33. The van der Waals surface area contributed by atoms with Crippen molar-refractivity contribution in [2.75, 3.05) is 18.4 Å². The third-order valence-corrected chi connectivity index (χ3v) is 7.79. The van der Waals surface area contributed by atoms with E-state index >= 15 is 0 Å². The SMILES string of the molecule is Cc1cc(-c2ccnc(Nc3cnn(C4CNC4)c3)n2)ccc1CCC(=O)c1cnc(C(C)(C)C)s1. The number of anilines is 2. The van der Waals surface area contributed by atoms with Gasteiger partial charge in [-0.25, -0.2) is 15.0 Å². The molecule has 1 fully saturated rings. The van der Waals surface area contributed by atoms with Gasteiger partial charge in [0.2, 0.25) is 5.95 Å². The lowest BCUT2D eigenvalue weighted by Crippen LogP contribution is -2.43. The summed E-state index contributed by atoms with van der Waals surface area (Å²) in [6.45, 7) is 10.3. The van der Waals surface area contributed by atoms with Gasteiger partial charge < -0.3 is 10.6 Å². The van der Waals surface area contributed by atoms with Crippen LogP contribution in [-0.4, -0.2) is 43.6 Å². The molecule has 1 aliphatic heterocycles. The first kappa shape index (κ1) is 24.3. The summed E-state index contributed by atoms with van der Waals surface area (Å²) in [5.74, 6) is 0.681. The molecule has 8 nitrogen and oxygen atoms in total. The van der Waals surface area contributed by atoms with E-state index in [2.05, 4.69) is 71.6 Å². The monoisotopic (exact) mass is 501 g/mol. The molecule has 0 radical (unpaired) electrons. The van der Waals surface area contributed by atoms with E-state index < -0.39 is 0 Å². The molecule has 1 aliphatic rings. The number of hydrogen-bond acceptors (Lipinski definition) is 8. The van der Waals surface area contributed by atoms with E-state index in [1.807, 2.05) is 16.9 Å². The van der Waals surface area contributed by atoms with Crippen LogP contribution in [0.2, 0.25) is 0 Å². The Morgan fingerprint density at radius 1 is 1.19 bits per heavy atom. The number of hydrogen-bond donors (Lipinski definition) is 2. The summed E-state index contributed by atoms with van der Waals surface area (Å²) in [5, 5.41) is 11.9. The molecule has 4 aromatic rings. The Hall–Kier alpha value is -3.43. The van der Waals surface area contributed by atoms with Crippen LogP contribution in [0.15, 0.2) is 49.1 Å². The number of carbonyl (C=O) groups is 1. The number of nitrogens with one attached hydrogen (secondary N) is 2. The van der Waals surface area contributed by atoms with Crippen LogP contribution in [-0.2, 0) is 11.8 Å². The van der Waals surface area contributed by atoms with Gasteiger partial charge >= 0.3 is 0 Å². The molecule has 3 aromatic heterocycles. The van der Waals surface area contributed by atoms with Gasteiger partial charge in [0.15, 0.2) is 5.78 Å². The zero-order valence-electron chi connectivity index (χ0n) is 21.1. The zero-order chi connectivity index (χ0) is 25.3. The molecule has 0 aliphatic carbocycles. The highest BCUT2D eigenvalue weighted by molar-refractivity contribution is 7.13. The van der Waals surface area contributed by atoms with E-state index in [4.69, 9.17) is 4.98 Å². The van der Waals surface area contributed by atoms with Gasteiger partial charge in [-0.1, -0.05) is 32.9 Å². The molecule has 1 saturated heterocycles. The first-order valence-electron chi connectivity index (χ1n) is 12.2. The van der Waals surface area contributed by atoms with E-state index in [9.17, 15) is 4.79 Å². The molecule has 0 atom stereocenters. The van der Waals surface area contributed by atoms with Gasteiger partial charge in [-0.05, 0) is 36.6 Å². The summed E-state index contributed by atoms with van der Waals surface area (Å²) in [6, 6.07) is 8.59. The Morgan fingerprint density at radius 3 is 2.72 bits per heavy atom. The average Bonchev–Trinajstić information content (AvgIpc) is 3.47. The smallest absolute Gasteiger partial charge is 0.227 e. The van der Waals surface area contributed by atoms with Crippen LogP contribution in [0.5, 0.6) is 0 Å². The second kappa shape index (κ2) is 9.91. The fourth-order valence-corrected chi connectivity index (χ4v) is 4.97. The van der Waals surface area contributed by atoms with Gasteiger partial charge in [0.1, 0.15) is 0 Å². The van der Waals surface area contributed by atoms with Gasteiger partial charge in [-0.15, -0.1) is 11.3 Å². The molecule has 36 heavy (non-hydrogen) atoms. The molecule has 0 saturated carbocycles. The quantitative estimate of drug-likeness (QED) is 0.324. The van der Waals surface area contributed by atoms with Gasteiger partial charge in [0.25, 0.3) is 0 Å². The van der Waals surface area contributed by atoms with Crippen molar-refractivity contribution in [3.8, 4) is 11.3 Å². The minimum Gasteiger partial charge on any atom is -0.321 e. The zero-order valence-corrected chi connectivity index (χ0v) is 21.9. The third kappa shape index (κ3) is 5.37. The molecule has 0 spiro atoms. The number of rotatable bonds is 8. The molecule has 4 heterocycles. The maximum Gasteiger partial charge on any atom is 0.227 e. The Balaban J connectivity index is 1.23. The number of carbonyl (C=O) groups excluding carboxylic acids is 1. The van der Waals surface area contributed by atoms with Crippen molar-refractivity contribution in [1.29, 1.82) is 0 Å². The summed E-state index contributed by atoms with van der Waals surface area (Å²) in [4.78, 5) is 27.0. The lowest BCUT2D eigenvalue weighted by atomic mass is 9.98. The molecular weight excluding hydrogens is 470 g/mol. The fourth-order valence-electron chi connectivity index (χ4n) is 4.03. The van der Waals surface area contributed by atoms with Crippen molar-refractivity contribution in [3.05, 3.63) is 70.1 Å². The number of aryl methyl sites for hydroxylation is 2. The molecule has 0 amide bonds. The van der Waals surface area contributed by atoms with Crippen molar-refractivity contribution < 1.29 is 4.79 Å². The number of aromatic nitrogens is 5. The van der Waals surface area contributed by atoms with Crippen molar-refractivity contribution in [2.24, 2.45) is 0 Å². The standard InChI is InChI=1S/C27H31N7OS/c1-17-11-19(6-5-18(17)7-8-23(35)24-15-30-25(36-24)27(2,3)4)22-9-10-29-26(33-22)32-20-12-31-34(16-20)21-13-28-14-21/h5-6,9-12,15-16,21,28H,7-8,13-14H2,1-4H3,(H,29,32,33). The minimum absolute atomic E-state index is 0.0400. The van der Waals surface area contributed by atoms with Crippen molar-refractivity contribution in [1.82, 2.24) is 30.0 Å². The van der Waals surface area contributed by atoms with Gasteiger partial charge in [-0.3, -0.25) is 9.48 Å². The van der Waals surface area contributed by atoms with E-state index in [1.165, 1.54) is 11.3 Å². The van der Waals surface area contributed by atoms with Gasteiger partial charge in [0.05, 0.1) is 33.5 Å². The molecule has 2 N–H and O–H groups in total. The Kier molecular flexibility index (Phi) is 6.68. The normalized spacial score (nSPS) is 14.0. The Morgan fingerprint density at radius 2 is 2.03 bits per heavy atom. The topological polar surface area (TPSA) is 97.6 Å². The van der Waals surface area contributed by atoms with Crippen LogP contribution in [0.1, 0.15) is 59.0 Å². The maximum absolute atomic E-state index is 12.7. The highest BCUT2D eigenvalue weighted by Gasteiger charge is 2.21. The highest BCUT2D eigenvalue weighted by atomic mass is 32.1. The molecular formula is C27H31N7OS. The predicted octanol–water partition coefficient (Wildman–Crippen LogP) is 5.11. The largest absolute Gasteiger partial charge is 0.321 e. The van der Waals surface area contributed by atoms with E-state index in [-0.39, 0.29) is 11.2 Å². The van der Waals surface area contributed by atoms with Crippen LogP contribution in [0.4, 0.5) is 11.6 Å². The van der Waals surface area contributed by atoms with Crippen LogP contribution < -0.4 is 10.6 Å². The number of nitrogens with zero attached hydrogens (tertiary/aromatic N) is 5. The number of benzene rings is 1. The summed E-state index contributed by atoms with van der Waals surface area (Å²) >= 11 is 1.51. The molecule has 1 aromatic carbocycles. The second-order valence-electron chi connectivity index (χ2n) is 10.3. The first-order valence-corrected chi connectivity index (χ1v) is 13.0. The van der Waals surface area contributed by atoms with Crippen LogP contribution in [0, 0.1) is 6.92 Å². The summed E-state index contributed by atoms with van der Waals surface area (Å²) in [5.41, 5.74) is 4.99. The Labute approximate surface area is 215 Å². The summed E-state index contributed by atoms with van der Waals surface area (Å²) in [7, 11) is 0. The second-order valence-corrected chi connectivity index (χ2v) is 11.3. The van der Waals surface area contributed by atoms with Crippen molar-refractivity contribution in [3.63, 3.8) is 0 Å². The number of ketones is 1. The first-order chi connectivity index (χ1) is 17.3. The lowest BCUT2D eigenvalue weighted by molar-refractivity contribution is 0.0986.